The first-order valence-electron chi connectivity index (χ1n) is 8.13. The molecule has 0 heterocycles. The van der Waals surface area contributed by atoms with E-state index in [0.29, 0.717) is 12.1 Å². The number of hydrogen-bond donors (Lipinski definition) is 1. The Bertz CT molecular complexity index is 781. The van der Waals surface area contributed by atoms with Gasteiger partial charge in [-0.25, -0.2) is 4.79 Å². The molecule has 0 fully saturated rings. The van der Waals surface area contributed by atoms with Crippen molar-refractivity contribution in [2.75, 3.05) is 6.54 Å². The number of ketones is 1. The minimum atomic E-state index is -0.935. The molecule has 0 spiro atoms. The number of likely N-dealkylation sites (N-methyl/N-ethyl adjacent to an activating group) is 1. The molecule has 0 unspecified atom stereocenters. The third-order valence-corrected chi connectivity index (χ3v) is 3.71. The van der Waals surface area contributed by atoms with Gasteiger partial charge in [0.15, 0.2) is 11.9 Å². The van der Waals surface area contributed by atoms with E-state index in [-0.39, 0.29) is 22.8 Å². The van der Waals surface area contributed by atoms with Crippen molar-refractivity contribution in [1.29, 1.82) is 0 Å². The van der Waals surface area contributed by atoms with Crippen LogP contribution >= 0.6 is 0 Å². The van der Waals surface area contributed by atoms with Gasteiger partial charge in [-0.2, -0.15) is 0 Å². The smallest absolute Gasteiger partial charge is 0.339 e. The van der Waals surface area contributed by atoms with Crippen LogP contribution in [0.1, 0.15) is 45.7 Å². The number of carbonyl (C=O) groups excluding carboxylic acids is 3. The summed E-state index contributed by atoms with van der Waals surface area (Å²) in [5.41, 5.74) is 1.92. The molecular formula is C20H21NO4. The second-order valence-corrected chi connectivity index (χ2v) is 5.68. The summed E-state index contributed by atoms with van der Waals surface area (Å²) in [6.45, 7) is 5.65. The molecule has 2 aromatic carbocycles. The van der Waals surface area contributed by atoms with Gasteiger partial charge in [-0.15, -0.1) is 0 Å². The van der Waals surface area contributed by atoms with Crippen LogP contribution in [0.25, 0.3) is 0 Å². The van der Waals surface area contributed by atoms with Crippen molar-refractivity contribution in [2.45, 2.75) is 26.9 Å². The summed E-state index contributed by atoms with van der Waals surface area (Å²) in [6, 6.07) is 13.6. The topological polar surface area (TPSA) is 72.5 Å². The van der Waals surface area contributed by atoms with Crippen molar-refractivity contribution in [2.24, 2.45) is 0 Å². The normalized spacial score (nSPS) is 11.5. The van der Waals surface area contributed by atoms with Gasteiger partial charge in [-0.3, -0.25) is 9.59 Å². The quantitative estimate of drug-likeness (QED) is 0.649. The zero-order chi connectivity index (χ0) is 18.4. The largest absolute Gasteiger partial charge is 0.449 e. The van der Waals surface area contributed by atoms with E-state index in [1.165, 1.54) is 13.0 Å². The molecule has 0 saturated heterocycles. The predicted molar refractivity (Wildman–Crippen MR) is 94.6 cm³/mol. The number of nitrogens with one attached hydrogen (secondary N) is 1. The average molecular weight is 339 g/mol. The zero-order valence-corrected chi connectivity index (χ0v) is 14.5. The van der Waals surface area contributed by atoms with Crippen molar-refractivity contribution < 1.29 is 19.1 Å². The molecule has 1 atom stereocenters. The van der Waals surface area contributed by atoms with Gasteiger partial charge in [0.1, 0.15) is 0 Å². The van der Waals surface area contributed by atoms with Gasteiger partial charge >= 0.3 is 5.97 Å². The number of benzene rings is 2. The van der Waals surface area contributed by atoms with Gasteiger partial charge in [0, 0.05) is 17.7 Å². The summed E-state index contributed by atoms with van der Waals surface area (Å²) in [6.07, 6.45) is -0.935. The molecule has 2 rings (SSSR count). The van der Waals surface area contributed by atoms with Crippen molar-refractivity contribution >= 4 is 17.7 Å². The monoisotopic (exact) mass is 339 g/mol. The molecule has 5 nitrogen and oxygen atoms in total. The molecule has 130 valence electrons. The first kappa shape index (κ1) is 18.4. The minimum Gasteiger partial charge on any atom is -0.449 e. The molecule has 0 aliphatic rings. The van der Waals surface area contributed by atoms with E-state index in [9.17, 15) is 14.4 Å². The number of ether oxygens (including phenoxy) is 1. The molecule has 2 aromatic rings. The summed E-state index contributed by atoms with van der Waals surface area (Å²) in [5.74, 6) is -1.34. The maximum Gasteiger partial charge on any atom is 0.339 e. The van der Waals surface area contributed by atoms with Crippen molar-refractivity contribution in [3.05, 3.63) is 70.8 Å². The number of hydrogen-bond acceptors (Lipinski definition) is 4. The van der Waals surface area contributed by atoms with Crippen LogP contribution in [0.3, 0.4) is 0 Å². The minimum absolute atomic E-state index is 0.143. The molecule has 1 N–H and O–H groups in total. The fourth-order valence-corrected chi connectivity index (χ4v) is 2.32. The lowest BCUT2D eigenvalue weighted by Crippen LogP contribution is -2.35. The summed E-state index contributed by atoms with van der Waals surface area (Å²) in [5, 5.41) is 2.59. The SMILES string of the molecule is CCNC(=O)[C@@H](C)OC(=O)c1ccccc1C(=O)c1ccc(C)cc1. The Morgan fingerprint density at radius 2 is 1.60 bits per heavy atom. The number of esters is 1. The van der Waals surface area contributed by atoms with Gasteiger partial charge in [-0.1, -0.05) is 48.0 Å². The first-order chi connectivity index (χ1) is 11.9. The molecule has 25 heavy (non-hydrogen) atoms. The van der Waals surface area contributed by atoms with Gasteiger partial charge in [0.25, 0.3) is 5.91 Å². The van der Waals surface area contributed by atoms with E-state index < -0.39 is 12.1 Å². The van der Waals surface area contributed by atoms with E-state index in [2.05, 4.69) is 5.32 Å². The molecule has 0 aliphatic heterocycles. The van der Waals surface area contributed by atoms with Gasteiger partial charge in [0.2, 0.25) is 0 Å². The lowest BCUT2D eigenvalue weighted by Gasteiger charge is -2.14. The number of rotatable bonds is 6. The highest BCUT2D eigenvalue weighted by atomic mass is 16.5. The van der Waals surface area contributed by atoms with E-state index in [0.717, 1.165) is 5.56 Å². The second-order valence-electron chi connectivity index (χ2n) is 5.68. The Balaban J connectivity index is 2.25. The Labute approximate surface area is 147 Å². The Kier molecular flexibility index (Phi) is 6.06. The average Bonchev–Trinajstić information content (AvgIpc) is 2.62. The molecule has 0 radical (unpaired) electrons. The Morgan fingerprint density at radius 3 is 2.20 bits per heavy atom. The van der Waals surface area contributed by atoms with E-state index in [1.807, 2.05) is 19.1 Å². The Morgan fingerprint density at radius 1 is 1.00 bits per heavy atom. The van der Waals surface area contributed by atoms with Gasteiger partial charge < -0.3 is 10.1 Å². The lowest BCUT2D eigenvalue weighted by molar-refractivity contribution is -0.128. The van der Waals surface area contributed by atoms with Crippen LogP contribution in [0.15, 0.2) is 48.5 Å². The Hall–Kier alpha value is -2.95. The van der Waals surface area contributed by atoms with Crippen LogP contribution in [-0.4, -0.2) is 30.3 Å². The standard InChI is InChI=1S/C20H21NO4/c1-4-21-19(23)14(3)25-20(24)17-8-6-5-7-16(17)18(22)15-11-9-13(2)10-12-15/h5-12,14H,4H2,1-3H3,(H,21,23)/t14-/m1/s1. The molecule has 0 aliphatic carbocycles. The summed E-state index contributed by atoms with van der Waals surface area (Å²) in [4.78, 5) is 36.9. The zero-order valence-electron chi connectivity index (χ0n) is 14.5. The molecule has 0 aromatic heterocycles. The molecule has 5 heteroatoms. The predicted octanol–water partition coefficient (Wildman–Crippen LogP) is 2.91. The number of amides is 1. The second kappa shape index (κ2) is 8.24. The molecular weight excluding hydrogens is 318 g/mol. The van der Waals surface area contributed by atoms with Crippen LogP contribution in [0, 0.1) is 6.92 Å². The molecule has 0 bridgehead atoms. The number of carbonyl (C=O) groups is 3. The van der Waals surface area contributed by atoms with Gasteiger partial charge in [0.05, 0.1) is 5.56 Å². The van der Waals surface area contributed by atoms with Crippen LogP contribution < -0.4 is 5.32 Å². The van der Waals surface area contributed by atoms with Crippen LogP contribution in [0.2, 0.25) is 0 Å². The van der Waals surface area contributed by atoms with Crippen molar-refractivity contribution in [1.82, 2.24) is 5.32 Å². The van der Waals surface area contributed by atoms with Crippen molar-refractivity contribution in [3.8, 4) is 0 Å². The lowest BCUT2D eigenvalue weighted by atomic mass is 9.98. The highest BCUT2D eigenvalue weighted by Crippen LogP contribution is 2.17. The summed E-state index contributed by atoms with van der Waals surface area (Å²) < 4.78 is 5.19. The van der Waals surface area contributed by atoms with E-state index in [1.54, 1.807) is 37.3 Å². The number of aryl methyl sites for hydroxylation is 1. The fourth-order valence-electron chi connectivity index (χ4n) is 2.32. The summed E-state index contributed by atoms with van der Waals surface area (Å²) >= 11 is 0. The molecule has 0 saturated carbocycles. The highest BCUT2D eigenvalue weighted by molar-refractivity contribution is 6.14. The fraction of sp³-hybridized carbons (Fsp3) is 0.250. The highest BCUT2D eigenvalue weighted by Gasteiger charge is 2.23. The van der Waals surface area contributed by atoms with Crippen LogP contribution in [0.4, 0.5) is 0 Å². The third kappa shape index (κ3) is 4.53. The van der Waals surface area contributed by atoms with E-state index >= 15 is 0 Å². The first-order valence-corrected chi connectivity index (χ1v) is 8.13. The van der Waals surface area contributed by atoms with Crippen molar-refractivity contribution in [3.63, 3.8) is 0 Å². The summed E-state index contributed by atoms with van der Waals surface area (Å²) in [7, 11) is 0. The third-order valence-electron chi connectivity index (χ3n) is 3.71. The maximum atomic E-state index is 12.7. The van der Waals surface area contributed by atoms with Crippen LogP contribution in [0.5, 0.6) is 0 Å². The van der Waals surface area contributed by atoms with Crippen LogP contribution in [-0.2, 0) is 9.53 Å². The van der Waals surface area contributed by atoms with Gasteiger partial charge in [-0.05, 0) is 26.8 Å². The molecule has 1 amide bonds. The maximum absolute atomic E-state index is 12.7. The van der Waals surface area contributed by atoms with E-state index in [4.69, 9.17) is 4.74 Å².